The zero-order valence-corrected chi connectivity index (χ0v) is 22.2. The van der Waals surface area contributed by atoms with Gasteiger partial charge in [-0.1, -0.05) is 72.8 Å². The smallest absolute Gasteiger partial charge is 0.302 e. The predicted molar refractivity (Wildman–Crippen MR) is 137 cm³/mol. The average Bonchev–Trinajstić information content (AvgIpc) is 3.42. The molecule has 1 unspecified atom stereocenters. The summed E-state index contributed by atoms with van der Waals surface area (Å²) in [6.45, 7) is 5.59. The number of rotatable bonds is 7. The minimum Gasteiger partial charge on any atom is -0.463 e. The van der Waals surface area contributed by atoms with Crippen LogP contribution >= 0.6 is 0 Å². The maximum Gasteiger partial charge on any atom is 0.302 e. The van der Waals surface area contributed by atoms with Crippen LogP contribution < -0.4 is 0 Å². The molecular weight excluding hydrogens is 504 g/mol. The van der Waals surface area contributed by atoms with E-state index in [4.69, 9.17) is 37.9 Å². The van der Waals surface area contributed by atoms with Gasteiger partial charge in [0.05, 0.1) is 12.5 Å². The van der Waals surface area contributed by atoms with E-state index in [1.165, 1.54) is 6.92 Å². The summed E-state index contributed by atoms with van der Waals surface area (Å²) in [5.74, 6) is -1.47. The largest absolute Gasteiger partial charge is 0.463 e. The SMILES string of the molecule is CC(=O)OC[C@@H]1C=C[C@H]2[C@H](O[C@@H](c3ccccc3)O[C@H]2[C@@H]2O[C@@H]3OC(C)(C)O[C@@H]3C2OCc2ccccc2)O1. The Morgan fingerprint density at radius 3 is 2.31 bits per heavy atom. The van der Waals surface area contributed by atoms with E-state index >= 15 is 0 Å². The Hall–Kier alpha value is -2.63. The van der Waals surface area contributed by atoms with Crippen LogP contribution in [0, 0.1) is 5.92 Å². The van der Waals surface area contributed by atoms with Gasteiger partial charge in [0.15, 0.2) is 24.7 Å². The van der Waals surface area contributed by atoms with Crippen LogP contribution in [0.4, 0.5) is 0 Å². The zero-order chi connectivity index (χ0) is 27.0. The van der Waals surface area contributed by atoms with Gasteiger partial charge in [0, 0.05) is 12.5 Å². The number of benzene rings is 2. The summed E-state index contributed by atoms with van der Waals surface area (Å²) >= 11 is 0. The first-order valence-corrected chi connectivity index (χ1v) is 13.4. The van der Waals surface area contributed by atoms with Crippen molar-refractivity contribution in [3.05, 3.63) is 83.9 Å². The van der Waals surface area contributed by atoms with Gasteiger partial charge in [-0.25, -0.2) is 0 Å². The summed E-state index contributed by atoms with van der Waals surface area (Å²) in [5.41, 5.74) is 1.89. The van der Waals surface area contributed by atoms with Gasteiger partial charge in [-0.15, -0.1) is 0 Å². The molecule has 0 aromatic heterocycles. The molecule has 0 bridgehead atoms. The molecule has 3 fully saturated rings. The minimum atomic E-state index is -0.794. The van der Waals surface area contributed by atoms with Crippen LogP contribution in [0.5, 0.6) is 0 Å². The van der Waals surface area contributed by atoms with Crippen molar-refractivity contribution < 1.29 is 42.7 Å². The molecule has 9 atom stereocenters. The maximum absolute atomic E-state index is 11.4. The fraction of sp³-hybridized carbons (Fsp3) is 0.500. The van der Waals surface area contributed by atoms with Gasteiger partial charge in [0.2, 0.25) is 0 Å². The summed E-state index contributed by atoms with van der Waals surface area (Å²) in [7, 11) is 0. The van der Waals surface area contributed by atoms with E-state index < -0.39 is 55.2 Å². The lowest BCUT2D eigenvalue weighted by molar-refractivity contribution is -0.358. The van der Waals surface area contributed by atoms with Crippen molar-refractivity contribution in [2.24, 2.45) is 5.92 Å². The van der Waals surface area contributed by atoms with E-state index in [1.54, 1.807) is 0 Å². The molecule has 0 saturated carbocycles. The van der Waals surface area contributed by atoms with Crippen molar-refractivity contribution in [1.82, 2.24) is 0 Å². The van der Waals surface area contributed by atoms with E-state index in [1.807, 2.05) is 86.7 Å². The normalized spacial score (nSPS) is 36.7. The average molecular weight is 539 g/mol. The molecule has 0 amide bonds. The second-order valence-corrected chi connectivity index (χ2v) is 10.6. The highest BCUT2D eigenvalue weighted by atomic mass is 16.8. The molecule has 0 N–H and O–H groups in total. The third-order valence-electron chi connectivity index (χ3n) is 7.25. The second kappa shape index (κ2) is 11.1. The molecule has 4 aliphatic heterocycles. The van der Waals surface area contributed by atoms with E-state index in [0.717, 1.165) is 11.1 Å². The third kappa shape index (κ3) is 5.81. The Labute approximate surface area is 227 Å². The monoisotopic (exact) mass is 538 g/mol. The lowest BCUT2D eigenvalue weighted by Gasteiger charge is -2.46. The molecule has 3 saturated heterocycles. The van der Waals surface area contributed by atoms with Crippen molar-refractivity contribution >= 4 is 5.97 Å². The highest BCUT2D eigenvalue weighted by Gasteiger charge is 2.60. The Balaban J connectivity index is 1.28. The highest BCUT2D eigenvalue weighted by molar-refractivity contribution is 5.65. The van der Waals surface area contributed by atoms with Gasteiger partial charge in [0.25, 0.3) is 0 Å². The number of carbonyl (C=O) groups is 1. The summed E-state index contributed by atoms with van der Waals surface area (Å²) in [6, 6.07) is 19.7. The van der Waals surface area contributed by atoms with E-state index in [9.17, 15) is 4.79 Å². The molecule has 0 aliphatic carbocycles. The van der Waals surface area contributed by atoms with Crippen molar-refractivity contribution in [2.75, 3.05) is 6.61 Å². The van der Waals surface area contributed by atoms with Gasteiger partial charge < -0.3 is 37.9 Å². The fourth-order valence-electron chi connectivity index (χ4n) is 5.51. The molecule has 0 radical (unpaired) electrons. The zero-order valence-electron chi connectivity index (χ0n) is 22.2. The van der Waals surface area contributed by atoms with Crippen molar-refractivity contribution in [3.63, 3.8) is 0 Å². The topological polar surface area (TPSA) is 90.9 Å². The van der Waals surface area contributed by atoms with Crippen LogP contribution in [0.25, 0.3) is 0 Å². The van der Waals surface area contributed by atoms with E-state index in [2.05, 4.69) is 0 Å². The van der Waals surface area contributed by atoms with Gasteiger partial charge in [-0.3, -0.25) is 4.79 Å². The van der Waals surface area contributed by atoms with Gasteiger partial charge in [-0.2, -0.15) is 0 Å². The number of hydrogen-bond acceptors (Lipinski definition) is 9. The summed E-state index contributed by atoms with van der Waals surface area (Å²) < 4.78 is 49.7. The van der Waals surface area contributed by atoms with Crippen LogP contribution in [0.1, 0.15) is 38.2 Å². The molecule has 2 aromatic rings. The van der Waals surface area contributed by atoms with E-state index in [0.29, 0.717) is 6.61 Å². The van der Waals surface area contributed by atoms with E-state index in [-0.39, 0.29) is 18.5 Å². The van der Waals surface area contributed by atoms with Crippen molar-refractivity contribution in [2.45, 2.75) is 82.6 Å². The van der Waals surface area contributed by atoms with Crippen LogP contribution in [-0.2, 0) is 49.3 Å². The molecule has 208 valence electrons. The Morgan fingerprint density at radius 1 is 0.821 bits per heavy atom. The molecule has 4 heterocycles. The van der Waals surface area contributed by atoms with Crippen LogP contribution in [0.15, 0.2) is 72.8 Å². The predicted octanol–water partition coefficient (Wildman–Crippen LogP) is 4.02. The first kappa shape index (κ1) is 26.6. The molecule has 6 rings (SSSR count). The third-order valence-corrected chi connectivity index (χ3v) is 7.25. The van der Waals surface area contributed by atoms with Gasteiger partial charge >= 0.3 is 5.97 Å². The number of carbonyl (C=O) groups excluding carboxylic acids is 1. The molecule has 0 spiro atoms. The summed E-state index contributed by atoms with van der Waals surface area (Å²) in [4.78, 5) is 11.4. The van der Waals surface area contributed by atoms with Crippen molar-refractivity contribution in [1.29, 1.82) is 0 Å². The highest BCUT2D eigenvalue weighted by Crippen LogP contribution is 2.46. The van der Waals surface area contributed by atoms with Gasteiger partial charge in [0.1, 0.15) is 37.1 Å². The second-order valence-electron chi connectivity index (χ2n) is 10.6. The quantitative estimate of drug-likeness (QED) is 0.383. The van der Waals surface area contributed by atoms with Crippen molar-refractivity contribution in [3.8, 4) is 0 Å². The van der Waals surface area contributed by atoms with Crippen LogP contribution in [0.2, 0.25) is 0 Å². The number of hydrogen-bond donors (Lipinski definition) is 0. The minimum absolute atomic E-state index is 0.101. The Kier molecular flexibility index (Phi) is 7.56. The fourth-order valence-corrected chi connectivity index (χ4v) is 5.51. The first-order valence-electron chi connectivity index (χ1n) is 13.4. The molecule has 9 heteroatoms. The summed E-state index contributed by atoms with van der Waals surface area (Å²) in [6.07, 6.45) is -0.454. The molecule has 4 aliphatic rings. The Bertz CT molecular complexity index is 1150. The number of esters is 1. The van der Waals surface area contributed by atoms with Crippen LogP contribution in [0.3, 0.4) is 0 Å². The van der Waals surface area contributed by atoms with Gasteiger partial charge in [-0.05, 0) is 19.4 Å². The number of fused-ring (bicyclic) bond motifs is 2. The molecule has 2 aromatic carbocycles. The van der Waals surface area contributed by atoms with Crippen LogP contribution in [-0.4, -0.2) is 61.5 Å². The summed E-state index contributed by atoms with van der Waals surface area (Å²) in [5, 5.41) is 0. The Morgan fingerprint density at radius 2 is 1.56 bits per heavy atom. The molecule has 39 heavy (non-hydrogen) atoms. The number of ether oxygens (including phenoxy) is 8. The maximum atomic E-state index is 11.4. The lowest BCUT2D eigenvalue weighted by Crippen LogP contribution is -2.55. The molecule has 9 nitrogen and oxygen atoms in total. The first-order chi connectivity index (χ1) is 18.9. The lowest BCUT2D eigenvalue weighted by atomic mass is 9.89. The molecular formula is C30H34O9. The standard InChI is InChI=1S/C30H34O9/c1-18(31)32-17-21-14-15-22-23(35-27(37-28(22)34-21)20-12-8-5-9-13-20)25-24(33-16-19-10-6-4-7-11-19)26-29(36-25)39-30(2,3)38-26/h4-15,21-29H,16-17H2,1-3H3/t21-,22+,23+,24?,25-,26+,27-,28-,29+/m0/s1.